The van der Waals surface area contributed by atoms with Crippen LogP contribution in [0.15, 0.2) is 83.5 Å². The molecule has 0 bridgehead atoms. The molecule has 0 spiro atoms. The maximum atomic E-state index is 13.3. The van der Waals surface area contributed by atoms with Crippen molar-refractivity contribution in [1.82, 2.24) is 0 Å². The Bertz CT molecular complexity index is 1200. The molecule has 1 aliphatic rings. The van der Waals surface area contributed by atoms with Gasteiger partial charge in [0, 0.05) is 6.07 Å². The van der Waals surface area contributed by atoms with Gasteiger partial charge in [0.15, 0.2) is 5.76 Å². The molecule has 3 aromatic rings. The smallest absolute Gasteiger partial charge is 0.339 e. The van der Waals surface area contributed by atoms with Gasteiger partial charge in [-0.25, -0.2) is 4.39 Å². The third-order valence-electron chi connectivity index (χ3n) is 4.03. The lowest BCUT2D eigenvalue weighted by Crippen LogP contribution is -2.09. The van der Waals surface area contributed by atoms with Crippen molar-refractivity contribution in [3.05, 3.63) is 95.5 Å². The first-order valence-corrected chi connectivity index (χ1v) is 9.67. The number of rotatable bonds is 4. The van der Waals surface area contributed by atoms with Gasteiger partial charge in [-0.05, 0) is 48.0 Å². The molecule has 1 aliphatic heterocycles. The SMILES string of the molecule is O=C1C(=Cc2cccc(F)c2)Oc2cc(OS(=O)(=O)c3ccccc3)ccc21. The second-order valence-corrected chi connectivity index (χ2v) is 7.55. The fourth-order valence-electron chi connectivity index (χ4n) is 2.73. The van der Waals surface area contributed by atoms with E-state index < -0.39 is 15.9 Å². The average molecular weight is 396 g/mol. The van der Waals surface area contributed by atoms with Crippen LogP contribution in [-0.4, -0.2) is 14.2 Å². The first kappa shape index (κ1) is 17.9. The van der Waals surface area contributed by atoms with Crippen LogP contribution >= 0.6 is 0 Å². The summed E-state index contributed by atoms with van der Waals surface area (Å²) in [6.45, 7) is 0. The summed E-state index contributed by atoms with van der Waals surface area (Å²) in [5.74, 6) is -0.602. The lowest BCUT2D eigenvalue weighted by molar-refractivity contribution is 0.101. The number of hydrogen-bond acceptors (Lipinski definition) is 5. The van der Waals surface area contributed by atoms with Crippen LogP contribution in [0.1, 0.15) is 15.9 Å². The number of hydrogen-bond donors (Lipinski definition) is 0. The highest BCUT2D eigenvalue weighted by Gasteiger charge is 2.28. The van der Waals surface area contributed by atoms with Crippen molar-refractivity contribution in [1.29, 1.82) is 0 Å². The van der Waals surface area contributed by atoms with Crippen molar-refractivity contribution in [2.45, 2.75) is 4.90 Å². The number of benzene rings is 3. The van der Waals surface area contributed by atoms with Gasteiger partial charge >= 0.3 is 10.1 Å². The van der Waals surface area contributed by atoms with Gasteiger partial charge < -0.3 is 8.92 Å². The molecule has 0 atom stereocenters. The molecule has 0 amide bonds. The van der Waals surface area contributed by atoms with Crippen molar-refractivity contribution < 1.29 is 26.5 Å². The zero-order valence-electron chi connectivity index (χ0n) is 14.3. The molecule has 5 nitrogen and oxygen atoms in total. The lowest BCUT2D eigenvalue weighted by Gasteiger charge is -2.07. The molecule has 4 rings (SSSR count). The maximum absolute atomic E-state index is 13.3. The Morgan fingerprint density at radius 2 is 1.71 bits per heavy atom. The highest BCUT2D eigenvalue weighted by Crippen LogP contribution is 2.35. The third kappa shape index (κ3) is 3.52. The van der Waals surface area contributed by atoms with Gasteiger partial charge in [-0.15, -0.1) is 0 Å². The van der Waals surface area contributed by atoms with Gasteiger partial charge in [-0.1, -0.05) is 30.3 Å². The summed E-state index contributed by atoms with van der Waals surface area (Å²) in [5, 5.41) is 0. The normalized spacial score (nSPS) is 14.6. The monoisotopic (exact) mass is 396 g/mol. The second kappa shape index (κ2) is 6.94. The van der Waals surface area contributed by atoms with E-state index in [-0.39, 0.29) is 33.5 Å². The fraction of sp³-hybridized carbons (Fsp3) is 0. The molecule has 0 unspecified atom stereocenters. The number of carbonyl (C=O) groups is 1. The molecule has 0 aliphatic carbocycles. The van der Waals surface area contributed by atoms with E-state index in [2.05, 4.69) is 0 Å². The maximum Gasteiger partial charge on any atom is 0.339 e. The topological polar surface area (TPSA) is 69.7 Å². The number of halogens is 1. The Labute approximate surface area is 160 Å². The van der Waals surface area contributed by atoms with Crippen LogP contribution in [0.4, 0.5) is 4.39 Å². The molecule has 0 radical (unpaired) electrons. The van der Waals surface area contributed by atoms with Crippen molar-refractivity contribution >= 4 is 22.0 Å². The summed E-state index contributed by atoms with van der Waals surface area (Å²) < 4.78 is 48.6. The minimum absolute atomic E-state index is 0.0131. The highest BCUT2D eigenvalue weighted by molar-refractivity contribution is 7.87. The molecule has 0 fully saturated rings. The van der Waals surface area contributed by atoms with Crippen molar-refractivity contribution in [3.63, 3.8) is 0 Å². The zero-order chi connectivity index (χ0) is 19.7. The zero-order valence-corrected chi connectivity index (χ0v) is 15.1. The number of Topliss-reactive ketones (excluding diaryl/α,β-unsaturated/α-hetero) is 1. The van der Waals surface area contributed by atoms with Gasteiger partial charge in [-0.3, -0.25) is 4.79 Å². The Balaban J connectivity index is 1.61. The van der Waals surface area contributed by atoms with E-state index in [4.69, 9.17) is 8.92 Å². The van der Waals surface area contributed by atoms with E-state index in [1.165, 1.54) is 54.6 Å². The quantitative estimate of drug-likeness (QED) is 0.488. The largest absolute Gasteiger partial charge is 0.452 e. The number of ketones is 1. The van der Waals surface area contributed by atoms with Gasteiger partial charge in [0.2, 0.25) is 5.78 Å². The summed E-state index contributed by atoms with van der Waals surface area (Å²) >= 11 is 0. The summed E-state index contributed by atoms with van der Waals surface area (Å²) in [6.07, 6.45) is 1.42. The average Bonchev–Trinajstić information content (AvgIpc) is 2.97. The Hall–Kier alpha value is -3.45. The summed E-state index contributed by atoms with van der Waals surface area (Å²) in [4.78, 5) is 12.5. The Morgan fingerprint density at radius 1 is 0.929 bits per heavy atom. The molecule has 0 N–H and O–H groups in total. The van der Waals surface area contributed by atoms with Crippen molar-refractivity contribution in [3.8, 4) is 11.5 Å². The van der Waals surface area contributed by atoms with Crippen LogP contribution in [0.2, 0.25) is 0 Å². The molecule has 0 aromatic heterocycles. The third-order valence-corrected chi connectivity index (χ3v) is 5.29. The van der Waals surface area contributed by atoms with Crippen molar-refractivity contribution in [2.24, 2.45) is 0 Å². The molecule has 0 saturated carbocycles. The minimum atomic E-state index is -4.01. The van der Waals surface area contributed by atoms with E-state index in [1.807, 2.05) is 0 Å². The van der Waals surface area contributed by atoms with E-state index in [0.29, 0.717) is 5.56 Å². The van der Waals surface area contributed by atoms with Gasteiger partial charge in [-0.2, -0.15) is 8.42 Å². The first-order valence-electron chi connectivity index (χ1n) is 8.26. The summed E-state index contributed by atoms with van der Waals surface area (Å²) in [6, 6.07) is 17.6. The van der Waals surface area contributed by atoms with Crippen LogP contribution in [-0.2, 0) is 10.1 Å². The standard InChI is InChI=1S/C21H13FO5S/c22-15-6-4-5-14(11-15)12-20-21(23)18-10-9-16(13-19(18)26-20)27-28(24,25)17-7-2-1-3-8-17/h1-13H. The fourth-order valence-corrected chi connectivity index (χ4v) is 3.67. The number of ether oxygens (including phenoxy) is 1. The molecule has 3 aromatic carbocycles. The predicted molar refractivity (Wildman–Crippen MR) is 100 cm³/mol. The van der Waals surface area contributed by atoms with E-state index in [0.717, 1.165) is 0 Å². The number of fused-ring (bicyclic) bond motifs is 1. The van der Waals surface area contributed by atoms with E-state index >= 15 is 0 Å². The molecular weight excluding hydrogens is 383 g/mol. The highest BCUT2D eigenvalue weighted by atomic mass is 32.2. The number of carbonyl (C=O) groups excluding carboxylic acids is 1. The minimum Gasteiger partial charge on any atom is -0.452 e. The first-order chi connectivity index (χ1) is 13.4. The summed E-state index contributed by atoms with van der Waals surface area (Å²) in [7, 11) is -4.01. The molecule has 28 heavy (non-hydrogen) atoms. The molecule has 1 heterocycles. The second-order valence-electron chi connectivity index (χ2n) is 6.00. The Kier molecular flexibility index (Phi) is 4.44. The van der Waals surface area contributed by atoms with Gasteiger partial charge in [0.1, 0.15) is 22.2 Å². The predicted octanol–water partition coefficient (Wildman–Crippen LogP) is 4.21. The molecule has 140 valence electrons. The van der Waals surface area contributed by atoms with Crippen LogP contribution in [0.25, 0.3) is 6.08 Å². The van der Waals surface area contributed by atoms with Crippen LogP contribution in [0.5, 0.6) is 11.5 Å². The molecule has 0 saturated heterocycles. The van der Waals surface area contributed by atoms with E-state index in [1.54, 1.807) is 24.3 Å². The van der Waals surface area contributed by atoms with Gasteiger partial charge in [0.05, 0.1) is 5.56 Å². The van der Waals surface area contributed by atoms with Crippen LogP contribution in [0, 0.1) is 5.82 Å². The van der Waals surface area contributed by atoms with Crippen LogP contribution in [0.3, 0.4) is 0 Å². The van der Waals surface area contributed by atoms with Crippen molar-refractivity contribution in [2.75, 3.05) is 0 Å². The lowest BCUT2D eigenvalue weighted by atomic mass is 10.1. The Morgan fingerprint density at radius 3 is 2.46 bits per heavy atom. The van der Waals surface area contributed by atoms with Crippen LogP contribution < -0.4 is 8.92 Å². The number of allylic oxidation sites excluding steroid dienone is 1. The summed E-state index contributed by atoms with van der Waals surface area (Å²) in [5.41, 5.74) is 0.742. The van der Waals surface area contributed by atoms with E-state index in [9.17, 15) is 17.6 Å². The van der Waals surface area contributed by atoms with Gasteiger partial charge in [0.25, 0.3) is 0 Å². The molecular formula is C21H13FO5S. The molecule has 7 heteroatoms.